The third-order valence-electron chi connectivity index (χ3n) is 9.05. The Bertz CT molecular complexity index is 1660. The molecule has 9 nitrogen and oxygen atoms in total. The van der Waals surface area contributed by atoms with Gasteiger partial charge in [-0.2, -0.15) is 9.78 Å². The highest BCUT2D eigenvalue weighted by Crippen LogP contribution is 2.30. The molecule has 1 atom stereocenters. The average Bonchev–Trinajstić information content (AvgIpc) is 3.36. The number of aromatic carboxylic acids is 1. The first-order valence-electron chi connectivity index (χ1n) is 15.9. The fourth-order valence-corrected chi connectivity index (χ4v) is 6.64. The van der Waals surface area contributed by atoms with Gasteiger partial charge in [0.15, 0.2) is 5.82 Å². The number of carbonyl (C=O) groups is 1. The van der Waals surface area contributed by atoms with Crippen LogP contribution in [-0.4, -0.2) is 82.9 Å². The van der Waals surface area contributed by atoms with E-state index in [1.165, 1.54) is 44.3 Å². The van der Waals surface area contributed by atoms with Crippen molar-refractivity contribution in [1.82, 2.24) is 19.7 Å². The van der Waals surface area contributed by atoms with Gasteiger partial charge in [-0.1, -0.05) is 36.4 Å². The maximum Gasteiger partial charge on any atom is 0.342 e. The Balaban J connectivity index is 1.21. The molecule has 0 radical (unpaired) electrons. The van der Waals surface area contributed by atoms with Crippen LogP contribution in [0.2, 0.25) is 0 Å². The number of benzene rings is 2. The third-order valence-corrected chi connectivity index (χ3v) is 9.05. The van der Waals surface area contributed by atoms with Gasteiger partial charge in [-0.05, 0) is 92.0 Å². The van der Waals surface area contributed by atoms with Crippen LogP contribution in [0.1, 0.15) is 50.7 Å². The highest BCUT2D eigenvalue weighted by atomic mass is 16.6. The Morgan fingerprint density at radius 2 is 1.89 bits per heavy atom. The second-order valence-corrected chi connectivity index (χ2v) is 11.9. The molecule has 0 saturated carbocycles. The largest absolute Gasteiger partial charge is 0.477 e. The summed E-state index contributed by atoms with van der Waals surface area (Å²) in [6, 6.07) is 16.7. The Morgan fingerprint density at radius 3 is 2.69 bits per heavy atom. The first-order chi connectivity index (χ1) is 21.9. The summed E-state index contributed by atoms with van der Waals surface area (Å²) in [5, 5.41) is 13.9. The van der Waals surface area contributed by atoms with Gasteiger partial charge in [-0.15, -0.1) is 0 Å². The Morgan fingerprint density at radius 1 is 1.04 bits per heavy atom. The molecule has 2 aliphatic heterocycles. The van der Waals surface area contributed by atoms with Crippen molar-refractivity contribution >= 4 is 5.97 Å². The Kier molecular flexibility index (Phi) is 9.59. The molecule has 0 amide bonds. The molecule has 45 heavy (non-hydrogen) atoms. The van der Waals surface area contributed by atoms with E-state index in [-0.39, 0.29) is 17.5 Å². The van der Waals surface area contributed by atoms with Gasteiger partial charge in [-0.25, -0.2) is 9.78 Å². The van der Waals surface area contributed by atoms with E-state index in [1.54, 1.807) is 0 Å². The monoisotopic (exact) mass is 610 g/mol. The standard InChI is InChI=1S/C36H42N4O5/c1-4-44-35-32(36(41)42)21-37-40(35)34-10-6-9-33(38-34)31-8-5-7-24(2)29(31)14-13-26-11-12-27-15-17-39(18-16-30(27)25(26)3)22-28-23-43-19-20-45-28/h5-12,21,28H,4,13-20,22-23H2,1-3H3,(H,41,42). The SMILES string of the molecule is CCOc1c(C(=O)O)cnn1-c1cccc(-c2cccc(C)c2CCc2ccc3c(c2C)CCN(CC2COCCO2)CC3)n1. The summed E-state index contributed by atoms with van der Waals surface area (Å²) in [5.74, 6) is -0.400. The number of nitrogens with zero attached hydrogens (tertiary/aromatic N) is 4. The zero-order chi connectivity index (χ0) is 31.3. The topological polar surface area (TPSA) is 98.9 Å². The summed E-state index contributed by atoms with van der Waals surface area (Å²) in [7, 11) is 0. The van der Waals surface area contributed by atoms with Gasteiger partial charge in [-0.3, -0.25) is 0 Å². The van der Waals surface area contributed by atoms with Crippen LogP contribution in [0.4, 0.5) is 0 Å². The predicted molar refractivity (Wildman–Crippen MR) is 173 cm³/mol. The van der Waals surface area contributed by atoms with E-state index in [9.17, 15) is 9.90 Å². The molecule has 1 saturated heterocycles. The fourth-order valence-electron chi connectivity index (χ4n) is 6.64. The van der Waals surface area contributed by atoms with Crippen LogP contribution in [0, 0.1) is 13.8 Å². The number of carboxylic acids is 1. The normalized spacial score (nSPS) is 17.1. The molecule has 1 N–H and O–H groups in total. The maximum atomic E-state index is 11.7. The molecule has 2 aromatic heterocycles. The van der Waals surface area contributed by atoms with Crippen LogP contribution in [0.15, 0.2) is 54.7 Å². The van der Waals surface area contributed by atoms with E-state index in [2.05, 4.69) is 54.2 Å². The van der Waals surface area contributed by atoms with Crippen LogP contribution in [0.3, 0.4) is 0 Å². The third kappa shape index (κ3) is 6.81. The number of aromatic nitrogens is 3. The lowest BCUT2D eigenvalue weighted by atomic mass is 9.89. The number of carboxylic acid groups (broad SMARTS) is 1. The van der Waals surface area contributed by atoms with E-state index in [0.717, 1.165) is 56.6 Å². The first-order valence-corrected chi connectivity index (χ1v) is 15.9. The van der Waals surface area contributed by atoms with E-state index >= 15 is 0 Å². The van der Waals surface area contributed by atoms with Gasteiger partial charge in [0.2, 0.25) is 5.88 Å². The minimum absolute atomic E-state index is 0.0111. The molecule has 2 aromatic carbocycles. The Labute approximate surface area is 264 Å². The average molecular weight is 611 g/mol. The summed E-state index contributed by atoms with van der Waals surface area (Å²) in [4.78, 5) is 19.2. The summed E-state index contributed by atoms with van der Waals surface area (Å²) in [5.41, 5.74) is 10.1. The number of hydrogen-bond donors (Lipinski definition) is 1. The summed E-state index contributed by atoms with van der Waals surface area (Å²) >= 11 is 0. The highest BCUT2D eigenvalue weighted by Gasteiger charge is 2.23. The van der Waals surface area contributed by atoms with E-state index in [0.29, 0.717) is 32.2 Å². The molecular weight excluding hydrogens is 568 g/mol. The molecule has 6 rings (SSSR count). The van der Waals surface area contributed by atoms with Crippen molar-refractivity contribution in [2.75, 3.05) is 46.1 Å². The smallest absolute Gasteiger partial charge is 0.342 e. The van der Waals surface area contributed by atoms with Crippen molar-refractivity contribution in [2.45, 2.75) is 52.6 Å². The lowest BCUT2D eigenvalue weighted by molar-refractivity contribution is -0.0972. The van der Waals surface area contributed by atoms with Crippen LogP contribution < -0.4 is 4.74 Å². The number of aryl methyl sites for hydroxylation is 2. The van der Waals surface area contributed by atoms with Gasteiger partial charge in [0.05, 0.1) is 44.4 Å². The predicted octanol–water partition coefficient (Wildman–Crippen LogP) is 5.25. The highest BCUT2D eigenvalue weighted by molar-refractivity contribution is 5.90. The first kappa shape index (κ1) is 31.0. The lowest BCUT2D eigenvalue weighted by Gasteiger charge is -2.29. The van der Waals surface area contributed by atoms with Gasteiger partial charge in [0.25, 0.3) is 0 Å². The van der Waals surface area contributed by atoms with Crippen LogP contribution in [0.5, 0.6) is 5.88 Å². The number of rotatable bonds is 10. The molecule has 1 fully saturated rings. The number of fused-ring (bicyclic) bond motifs is 1. The zero-order valence-electron chi connectivity index (χ0n) is 26.4. The molecule has 4 heterocycles. The second-order valence-electron chi connectivity index (χ2n) is 11.9. The summed E-state index contributed by atoms with van der Waals surface area (Å²) in [6.07, 6.45) is 5.40. The van der Waals surface area contributed by atoms with Gasteiger partial charge in [0, 0.05) is 25.2 Å². The molecule has 236 valence electrons. The van der Waals surface area contributed by atoms with Gasteiger partial charge >= 0.3 is 5.97 Å². The van der Waals surface area contributed by atoms with E-state index in [1.807, 2.05) is 25.1 Å². The van der Waals surface area contributed by atoms with E-state index < -0.39 is 5.97 Å². The molecular formula is C36H42N4O5. The van der Waals surface area contributed by atoms with Crippen molar-refractivity contribution < 1.29 is 24.1 Å². The zero-order valence-corrected chi connectivity index (χ0v) is 26.4. The fraction of sp³-hybridized carbons (Fsp3) is 0.417. The van der Waals surface area contributed by atoms with Crippen LogP contribution in [0.25, 0.3) is 17.1 Å². The van der Waals surface area contributed by atoms with Crippen molar-refractivity contribution in [3.05, 3.63) is 93.7 Å². The summed E-state index contributed by atoms with van der Waals surface area (Å²) in [6.45, 7) is 11.7. The summed E-state index contributed by atoms with van der Waals surface area (Å²) < 4.78 is 18.7. The van der Waals surface area contributed by atoms with Gasteiger partial charge < -0.3 is 24.2 Å². The van der Waals surface area contributed by atoms with Gasteiger partial charge in [0.1, 0.15) is 5.56 Å². The maximum absolute atomic E-state index is 11.7. The molecule has 9 heteroatoms. The van der Waals surface area contributed by atoms with Crippen molar-refractivity contribution in [1.29, 1.82) is 0 Å². The number of hydrogen-bond acceptors (Lipinski definition) is 7. The molecule has 4 aromatic rings. The quantitative estimate of drug-likeness (QED) is 0.260. The number of ether oxygens (including phenoxy) is 3. The van der Waals surface area contributed by atoms with Crippen molar-refractivity contribution in [2.24, 2.45) is 0 Å². The van der Waals surface area contributed by atoms with Crippen LogP contribution in [-0.2, 0) is 35.2 Å². The van der Waals surface area contributed by atoms with Crippen LogP contribution >= 0.6 is 0 Å². The molecule has 0 spiro atoms. The minimum atomic E-state index is -1.09. The van der Waals surface area contributed by atoms with Crippen molar-refractivity contribution in [3.63, 3.8) is 0 Å². The second kappa shape index (κ2) is 13.9. The lowest BCUT2D eigenvalue weighted by Crippen LogP contribution is -2.41. The molecule has 1 unspecified atom stereocenters. The minimum Gasteiger partial charge on any atom is -0.477 e. The Hall–Kier alpha value is -4.05. The number of pyridine rings is 1. The van der Waals surface area contributed by atoms with E-state index in [4.69, 9.17) is 19.2 Å². The molecule has 0 aliphatic carbocycles. The van der Waals surface area contributed by atoms with Crippen molar-refractivity contribution in [3.8, 4) is 23.0 Å². The molecule has 0 bridgehead atoms. The molecule has 2 aliphatic rings.